The fourth-order valence-electron chi connectivity index (χ4n) is 0.571. The number of carboxylic acids is 2. The number of aliphatic carboxylic acids is 2. The summed E-state index contributed by atoms with van der Waals surface area (Å²) in [4.78, 5) is 19.1. The second kappa shape index (κ2) is 11.4. The molecule has 0 aliphatic rings. The number of rotatable bonds is 3. The van der Waals surface area contributed by atoms with E-state index in [9.17, 15) is 22.5 Å². The van der Waals surface area contributed by atoms with Gasteiger partial charge in [-0.15, -0.1) is 0 Å². The summed E-state index contributed by atoms with van der Waals surface area (Å²) in [5.74, 6) is -2.19. The van der Waals surface area contributed by atoms with Crippen LogP contribution in [0.4, 0.5) is 12.9 Å². The molecule has 0 amide bonds. The maximum atomic E-state index is 11.9. The van der Waals surface area contributed by atoms with Crippen molar-refractivity contribution in [2.45, 2.75) is 19.1 Å². The normalized spacial score (nSPS) is 10.3. The molecule has 0 aliphatic carbocycles. The molecule has 0 radical (unpaired) electrons. The number of phenolic OH excluding ortho intramolecular Hbond substituents is 1. The highest BCUT2D eigenvalue weighted by atomic mass is 28.4. The number of hydrogen-bond donors (Lipinski definition) is 3. The lowest BCUT2D eigenvalue weighted by Crippen LogP contribution is -2.29. The van der Waals surface area contributed by atoms with E-state index < -0.39 is 26.4 Å². The first-order chi connectivity index (χ1) is 9.96. The predicted molar refractivity (Wildman–Crippen MR) is 77.1 cm³/mol. The second-order valence-electron chi connectivity index (χ2n) is 4.21. The van der Waals surface area contributed by atoms with Crippen LogP contribution in [0.2, 0.25) is 13.1 Å². The standard InChI is InChI=1S/C6H6O.C4H4O4.C3H7F3Si/c7-6-4-2-1-3-5-6;5-3(6)1-2-4(7)8;1-7(2,6)3(4)5/h1-5,7H;1-2H,(H,5,6)(H,7,8);3H,1-2H3/b;2-1-;. The average molecular weight is 338 g/mol. The predicted octanol–water partition coefficient (Wildman–Crippen LogP) is 3.07. The van der Waals surface area contributed by atoms with Gasteiger partial charge in [-0.1, -0.05) is 18.2 Å². The smallest absolute Gasteiger partial charge is 0.328 e. The van der Waals surface area contributed by atoms with Gasteiger partial charge in [-0.05, 0) is 25.2 Å². The van der Waals surface area contributed by atoms with Gasteiger partial charge in [0.2, 0.25) is 0 Å². The van der Waals surface area contributed by atoms with Crippen LogP contribution in [-0.2, 0) is 9.59 Å². The lowest BCUT2D eigenvalue weighted by atomic mass is 10.3. The monoisotopic (exact) mass is 338 g/mol. The molecule has 5 nitrogen and oxygen atoms in total. The fraction of sp³-hybridized carbons (Fsp3) is 0.231. The van der Waals surface area contributed by atoms with Crippen molar-refractivity contribution in [2.75, 3.05) is 0 Å². The zero-order valence-electron chi connectivity index (χ0n) is 11.9. The van der Waals surface area contributed by atoms with Crippen molar-refractivity contribution in [2.24, 2.45) is 0 Å². The van der Waals surface area contributed by atoms with E-state index in [-0.39, 0.29) is 0 Å². The Morgan fingerprint density at radius 2 is 1.36 bits per heavy atom. The van der Waals surface area contributed by atoms with Crippen molar-refractivity contribution in [3.05, 3.63) is 42.5 Å². The molecule has 22 heavy (non-hydrogen) atoms. The van der Waals surface area contributed by atoms with Gasteiger partial charge in [0.1, 0.15) is 5.75 Å². The van der Waals surface area contributed by atoms with Crippen molar-refractivity contribution in [3.8, 4) is 5.75 Å². The Morgan fingerprint density at radius 3 is 1.50 bits per heavy atom. The molecule has 0 saturated carbocycles. The van der Waals surface area contributed by atoms with E-state index >= 15 is 0 Å². The molecule has 9 heteroatoms. The molecule has 0 aliphatic heterocycles. The molecule has 0 heterocycles. The van der Waals surface area contributed by atoms with E-state index in [1.807, 2.05) is 6.07 Å². The van der Waals surface area contributed by atoms with E-state index in [1.165, 1.54) is 0 Å². The van der Waals surface area contributed by atoms with E-state index in [2.05, 4.69) is 0 Å². The van der Waals surface area contributed by atoms with Crippen LogP contribution in [0, 0.1) is 0 Å². The van der Waals surface area contributed by atoms with Crippen molar-refractivity contribution >= 4 is 20.3 Å². The number of carboxylic acid groups (broad SMARTS) is 2. The fourth-order valence-corrected chi connectivity index (χ4v) is 0.571. The first kappa shape index (κ1) is 22.0. The summed E-state index contributed by atoms with van der Waals surface area (Å²) < 4.78 is 34.4. The summed E-state index contributed by atoms with van der Waals surface area (Å²) in [6.07, 6.45) is 1.12. The van der Waals surface area contributed by atoms with Crippen LogP contribution in [0.1, 0.15) is 0 Å². The summed E-state index contributed by atoms with van der Waals surface area (Å²) in [7, 11) is -3.57. The van der Waals surface area contributed by atoms with Crippen molar-refractivity contribution in [3.63, 3.8) is 0 Å². The Kier molecular flexibility index (Phi) is 11.4. The molecular formula is C13H17F3O5Si. The highest BCUT2D eigenvalue weighted by Crippen LogP contribution is 2.13. The molecule has 0 saturated heterocycles. The number of alkyl halides is 2. The van der Waals surface area contributed by atoms with Gasteiger partial charge in [-0.2, -0.15) is 0 Å². The van der Waals surface area contributed by atoms with Gasteiger partial charge >= 0.3 is 20.3 Å². The SMILES string of the molecule is C[Si](C)(F)C(F)F.O=C(O)/C=C\C(=O)O.Oc1ccccc1. The number of halogens is 3. The van der Waals surface area contributed by atoms with Gasteiger partial charge in [0.05, 0.1) is 0 Å². The highest BCUT2D eigenvalue weighted by molar-refractivity contribution is 6.71. The summed E-state index contributed by atoms with van der Waals surface area (Å²) in [6.45, 7) is 1.97. The summed E-state index contributed by atoms with van der Waals surface area (Å²) in [5, 5.41) is 24.3. The van der Waals surface area contributed by atoms with Crippen molar-refractivity contribution < 1.29 is 37.8 Å². The number of benzene rings is 1. The first-order valence-electron chi connectivity index (χ1n) is 5.81. The quantitative estimate of drug-likeness (QED) is 0.447. The largest absolute Gasteiger partial charge is 0.508 e. The average Bonchev–Trinajstić information content (AvgIpc) is 2.37. The number of hydrogen-bond acceptors (Lipinski definition) is 3. The van der Waals surface area contributed by atoms with E-state index in [0.717, 1.165) is 13.1 Å². The van der Waals surface area contributed by atoms with Crippen LogP contribution < -0.4 is 0 Å². The molecular weight excluding hydrogens is 321 g/mol. The molecule has 1 aromatic carbocycles. The van der Waals surface area contributed by atoms with Crippen LogP contribution in [0.15, 0.2) is 42.5 Å². The molecule has 1 aromatic rings. The first-order valence-corrected chi connectivity index (χ1v) is 8.77. The summed E-state index contributed by atoms with van der Waals surface area (Å²) >= 11 is 0. The van der Waals surface area contributed by atoms with E-state index in [4.69, 9.17) is 15.3 Å². The van der Waals surface area contributed by atoms with Crippen LogP contribution in [-0.4, -0.2) is 41.7 Å². The third kappa shape index (κ3) is 17.7. The van der Waals surface area contributed by atoms with Crippen LogP contribution >= 0.6 is 0 Å². The lowest BCUT2D eigenvalue weighted by Gasteiger charge is -2.06. The third-order valence-electron chi connectivity index (χ3n) is 1.64. The minimum absolute atomic E-state index is 0.322. The lowest BCUT2D eigenvalue weighted by molar-refractivity contribution is -0.134. The molecule has 3 N–H and O–H groups in total. The molecule has 0 bridgehead atoms. The van der Waals surface area contributed by atoms with E-state index in [1.54, 1.807) is 24.3 Å². The number of aromatic hydroxyl groups is 1. The molecule has 0 unspecified atom stereocenters. The van der Waals surface area contributed by atoms with Crippen molar-refractivity contribution in [1.29, 1.82) is 0 Å². The van der Waals surface area contributed by atoms with Crippen LogP contribution in [0.25, 0.3) is 0 Å². The molecule has 124 valence electrons. The van der Waals surface area contributed by atoms with Crippen LogP contribution in [0.3, 0.4) is 0 Å². The Labute approximate surface area is 126 Å². The molecule has 0 fully saturated rings. The Hall–Kier alpha value is -2.29. The zero-order chi connectivity index (χ0) is 17.8. The number of para-hydroxylation sites is 1. The van der Waals surface area contributed by atoms with E-state index in [0.29, 0.717) is 17.9 Å². The maximum absolute atomic E-state index is 11.9. The van der Waals surface area contributed by atoms with Gasteiger partial charge in [0.15, 0.2) is 0 Å². The Bertz CT molecular complexity index is 456. The molecule has 0 atom stereocenters. The number of carbonyl (C=O) groups is 2. The summed E-state index contributed by atoms with van der Waals surface area (Å²) in [6, 6.07) is 5.98. The minimum atomic E-state index is -3.57. The number of phenols is 1. The van der Waals surface area contributed by atoms with Gasteiger partial charge in [0, 0.05) is 12.2 Å². The van der Waals surface area contributed by atoms with Gasteiger partial charge < -0.3 is 19.4 Å². The Morgan fingerprint density at radius 1 is 1.05 bits per heavy atom. The second-order valence-corrected chi connectivity index (χ2v) is 7.78. The third-order valence-corrected chi connectivity index (χ3v) is 2.68. The van der Waals surface area contributed by atoms with Crippen LogP contribution in [0.5, 0.6) is 5.75 Å². The topological polar surface area (TPSA) is 94.8 Å². The van der Waals surface area contributed by atoms with Gasteiger partial charge in [-0.3, -0.25) is 0 Å². The molecule has 0 aromatic heterocycles. The summed E-state index contributed by atoms with van der Waals surface area (Å²) in [5.41, 5.74) is 0. The highest BCUT2D eigenvalue weighted by Gasteiger charge is 2.33. The van der Waals surface area contributed by atoms with Crippen molar-refractivity contribution in [1.82, 2.24) is 0 Å². The molecule has 1 rings (SSSR count). The maximum Gasteiger partial charge on any atom is 0.328 e. The van der Waals surface area contributed by atoms with Gasteiger partial charge in [0.25, 0.3) is 6.05 Å². The molecule has 0 spiro atoms. The zero-order valence-corrected chi connectivity index (χ0v) is 12.9. The van der Waals surface area contributed by atoms with Gasteiger partial charge in [-0.25, -0.2) is 18.4 Å². The minimum Gasteiger partial charge on any atom is -0.508 e. The Balaban J connectivity index is 0.